The molecule has 0 atom stereocenters. The Morgan fingerprint density at radius 3 is 2.61 bits per heavy atom. The van der Waals surface area contributed by atoms with Gasteiger partial charge in [-0.3, -0.25) is 0 Å². The van der Waals surface area contributed by atoms with Gasteiger partial charge in [0, 0.05) is 18.2 Å². The molecule has 18 heavy (non-hydrogen) atoms. The fourth-order valence-electron chi connectivity index (χ4n) is 1.22. The van der Waals surface area contributed by atoms with Crippen molar-refractivity contribution in [1.29, 1.82) is 0 Å². The predicted octanol–water partition coefficient (Wildman–Crippen LogP) is 3.86. The second-order valence-electron chi connectivity index (χ2n) is 3.57. The van der Waals surface area contributed by atoms with Gasteiger partial charge in [0.15, 0.2) is 0 Å². The summed E-state index contributed by atoms with van der Waals surface area (Å²) in [5.41, 5.74) is 0.259. The number of benzene rings is 1. The van der Waals surface area contributed by atoms with E-state index in [4.69, 9.17) is 11.6 Å². The number of alkyl halides is 3. The molecule has 0 radical (unpaired) electrons. The van der Waals surface area contributed by atoms with Gasteiger partial charge in [0.1, 0.15) is 12.4 Å². The molecule has 0 saturated heterocycles. The van der Waals surface area contributed by atoms with Crippen molar-refractivity contribution in [1.82, 2.24) is 0 Å². The molecule has 0 saturated carbocycles. The number of hydrogen-bond acceptors (Lipinski definition) is 2. The summed E-state index contributed by atoms with van der Waals surface area (Å²) < 4.78 is 52.8. The average Bonchev–Trinajstić information content (AvgIpc) is 2.24. The number of hydrogen-bond donors (Lipinski definition) is 1. The standard InChI is InChI=1S/C11H12ClF4NO/c12-8-2-3-10(9(13)6-8)17-4-1-5-18-7-11(14,15)16/h2-3,6,17H,1,4-5,7H2. The van der Waals surface area contributed by atoms with Crippen molar-refractivity contribution in [3.8, 4) is 0 Å². The van der Waals surface area contributed by atoms with Crippen LogP contribution < -0.4 is 5.32 Å². The minimum absolute atomic E-state index is 0.0400. The molecule has 1 rings (SSSR count). The molecule has 2 nitrogen and oxygen atoms in total. The molecule has 0 aliphatic carbocycles. The van der Waals surface area contributed by atoms with Crippen LogP contribution in [0.1, 0.15) is 6.42 Å². The second kappa shape index (κ2) is 6.80. The summed E-state index contributed by atoms with van der Waals surface area (Å²) in [7, 11) is 0. The summed E-state index contributed by atoms with van der Waals surface area (Å²) in [6.07, 6.45) is -3.96. The molecule has 7 heteroatoms. The summed E-state index contributed by atoms with van der Waals surface area (Å²) in [6.45, 7) is -0.986. The third-order valence-corrected chi connectivity index (χ3v) is 2.21. The highest BCUT2D eigenvalue weighted by atomic mass is 35.5. The van der Waals surface area contributed by atoms with Crippen molar-refractivity contribution < 1.29 is 22.3 Å². The van der Waals surface area contributed by atoms with E-state index in [1.165, 1.54) is 12.1 Å². The molecule has 0 spiro atoms. The zero-order valence-electron chi connectivity index (χ0n) is 9.36. The van der Waals surface area contributed by atoms with Crippen LogP contribution in [0.3, 0.4) is 0 Å². The van der Waals surface area contributed by atoms with Gasteiger partial charge in [-0.15, -0.1) is 0 Å². The van der Waals surface area contributed by atoms with Gasteiger partial charge < -0.3 is 10.1 Å². The van der Waals surface area contributed by atoms with E-state index in [2.05, 4.69) is 10.1 Å². The lowest BCUT2D eigenvalue weighted by atomic mass is 10.3. The molecule has 0 aliphatic rings. The quantitative estimate of drug-likeness (QED) is 0.633. The fourth-order valence-corrected chi connectivity index (χ4v) is 1.38. The molecule has 0 amide bonds. The van der Waals surface area contributed by atoms with Crippen molar-refractivity contribution in [2.75, 3.05) is 25.1 Å². The summed E-state index contributed by atoms with van der Waals surface area (Å²) in [6, 6.07) is 4.14. The summed E-state index contributed by atoms with van der Waals surface area (Å²) in [5.74, 6) is -0.501. The fraction of sp³-hybridized carbons (Fsp3) is 0.455. The Labute approximate surface area is 107 Å². The lowest BCUT2D eigenvalue weighted by molar-refractivity contribution is -0.173. The first-order valence-corrected chi connectivity index (χ1v) is 5.60. The van der Waals surface area contributed by atoms with Gasteiger partial charge in [-0.1, -0.05) is 11.6 Å². The number of anilines is 1. The Hall–Kier alpha value is -1.01. The van der Waals surface area contributed by atoms with Crippen molar-refractivity contribution in [3.63, 3.8) is 0 Å². The molecular formula is C11H12ClF4NO. The van der Waals surface area contributed by atoms with Crippen LogP contribution in [0.4, 0.5) is 23.2 Å². The summed E-state index contributed by atoms with van der Waals surface area (Å²) in [5, 5.41) is 3.03. The number of rotatable bonds is 6. The van der Waals surface area contributed by atoms with Gasteiger partial charge in [-0.05, 0) is 24.6 Å². The van der Waals surface area contributed by atoms with E-state index in [9.17, 15) is 17.6 Å². The number of halogens is 5. The van der Waals surface area contributed by atoms with E-state index in [0.717, 1.165) is 6.07 Å². The third-order valence-electron chi connectivity index (χ3n) is 1.98. The molecule has 0 bridgehead atoms. The Balaban J connectivity index is 2.18. The maximum absolute atomic E-state index is 13.3. The van der Waals surface area contributed by atoms with Crippen molar-refractivity contribution >= 4 is 17.3 Å². The van der Waals surface area contributed by atoms with Crippen LogP contribution in [0.2, 0.25) is 5.02 Å². The van der Waals surface area contributed by atoms with Gasteiger partial charge >= 0.3 is 6.18 Å². The molecular weight excluding hydrogens is 274 g/mol. The first-order chi connectivity index (χ1) is 8.38. The van der Waals surface area contributed by atoms with Gasteiger partial charge in [-0.25, -0.2) is 4.39 Å². The van der Waals surface area contributed by atoms with Crippen LogP contribution >= 0.6 is 11.6 Å². The van der Waals surface area contributed by atoms with Crippen LogP contribution in [0, 0.1) is 5.82 Å². The van der Waals surface area contributed by atoms with E-state index >= 15 is 0 Å². The number of ether oxygens (including phenoxy) is 1. The molecule has 102 valence electrons. The maximum atomic E-state index is 13.3. The first kappa shape index (κ1) is 15.0. The maximum Gasteiger partial charge on any atom is 0.411 e. The topological polar surface area (TPSA) is 21.3 Å². The Morgan fingerprint density at radius 2 is 2.00 bits per heavy atom. The molecule has 0 aromatic heterocycles. The second-order valence-corrected chi connectivity index (χ2v) is 4.01. The largest absolute Gasteiger partial charge is 0.411 e. The average molecular weight is 286 g/mol. The highest BCUT2D eigenvalue weighted by Crippen LogP contribution is 2.18. The minimum Gasteiger partial charge on any atom is -0.383 e. The van der Waals surface area contributed by atoms with Crippen LogP contribution in [0.15, 0.2) is 18.2 Å². The molecule has 0 fully saturated rings. The smallest absolute Gasteiger partial charge is 0.383 e. The monoisotopic (exact) mass is 285 g/mol. The Bertz CT molecular complexity index is 384. The number of nitrogens with one attached hydrogen (secondary N) is 1. The molecule has 0 unspecified atom stereocenters. The minimum atomic E-state index is -4.31. The normalized spacial score (nSPS) is 11.6. The predicted molar refractivity (Wildman–Crippen MR) is 61.4 cm³/mol. The highest BCUT2D eigenvalue weighted by Gasteiger charge is 2.27. The van der Waals surface area contributed by atoms with Crippen molar-refractivity contribution in [2.24, 2.45) is 0 Å². The molecule has 1 aromatic rings. The van der Waals surface area contributed by atoms with Crippen LogP contribution in [-0.4, -0.2) is 25.9 Å². The molecule has 1 aromatic carbocycles. The zero-order valence-corrected chi connectivity index (χ0v) is 10.1. The van der Waals surface area contributed by atoms with Gasteiger partial charge in [0.05, 0.1) is 5.69 Å². The first-order valence-electron chi connectivity index (χ1n) is 5.22. The Morgan fingerprint density at radius 1 is 1.28 bits per heavy atom. The molecule has 0 aliphatic heterocycles. The molecule has 0 heterocycles. The van der Waals surface area contributed by atoms with Crippen molar-refractivity contribution in [2.45, 2.75) is 12.6 Å². The summed E-state index contributed by atoms with van der Waals surface area (Å²) >= 11 is 5.57. The van der Waals surface area contributed by atoms with E-state index in [1.54, 1.807) is 0 Å². The van der Waals surface area contributed by atoms with Crippen LogP contribution in [0.5, 0.6) is 0 Å². The van der Waals surface area contributed by atoms with E-state index < -0.39 is 18.6 Å². The molecule has 1 N–H and O–H groups in total. The van der Waals surface area contributed by atoms with E-state index in [1.807, 2.05) is 0 Å². The third kappa shape index (κ3) is 6.07. The lowest BCUT2D eigenvalue weighted by Gasteiger charge is -2.09. The van der Waals surface area contributed by atoms with E-state index in [-0.39, 0.29) is 17.3 Å². The van der Waals surface area contributed by atoms with Gasteiger partial charge in [-0.2, -0.15) is 13.2 Å². The zero-order chi connectivity index (χ0) is 13.6. The van der Waals surface area contributed by atoms with E-state index in [0.29, 0.717) is 13.0 Å². The highest BCUT2D eigenvalue weighted by molar-refractivity contribution is 6.30. The summed E-state index contributed by atoms with van der Waals surface area (Å²) in [4.78, 5) is 0. The van der Waals surface area contributed by atoms with Crippen LogP contribution in [0.25, 0.3) is 0 Å². The Kier molecular flexibility index (Phi) is 5.68. The van der Waals surface area contributed by atoms with Crippen molar-refractivity contribution in [3.05, 3.63) is 29.0 Å². The van der Waals surface area contributed by atoms with Gasteiger partial charge in [0.25, 0.3) is 0 Å². The van der Waals surface area contributed by atoms with Crippen LogP contribution in [-0.2, 0) is 4.74 Å². The van der Waals surface area contributed by atoms with Gasteiger partial charge in [0.2, 0.25) is 0 Å². The lowest BCUT2D eigenvalue weighted by Crippen LogP contribution is -2.18. The SMILES string of the molecule is Fc1cc(Cl)ccc1NCCCOCC(F)(F)F.